The van der Waals surface area contributed by atoms with Gasteiger partial charge in [0.05, 0.1) is 0 Å². The fraction of sp³-hybridized carbons (Fsp3) is 0.667. The molecular formula is C12H23ClN4O. The van der Waals surface area contributed by atoms with Gasteiger partial charge in [-0.15, -0.1) is 12.4 Å². The van der Waals surface area contributed by atoms with Crippen LogP contribution >= 0.6 is 12.4 Å². The van der Waals surface area contributed by atoms with E-state index in [4.69, 9.17) is 0 Å². The Hall–Kier alpha value is -1.07. The minimum absolute atomic E-state index is 0. The molecule has 104 valence electrons. The first-order valence-corrected chi connectivity index (χ1v) is 6.09. The molecule has 5 nitrogen and oxygen atoms in total. The average Bonchev–Trinajstić information content (AvgIpc) is 2.65. The average molecular weight is 275 g/mol. The minimum Gasteiger partial charge on any atom is -0.320 e. The largest absolute Gasteiger partial charge is 0.320 e. The quantitative estimate of drug-likeness (QED) is 0.747. The Morgan fingerprint density at radius 3 is 2.83 bits per heavy atom. The van der Waals surface area contributed by atoms with Crippen molar-refractivity contribution in [2.45, 2.75) is 33.2 Å². The van der Waals surface area contributed by atoms with Gasteiger partial charge in [-0.05, 0) is 25.9 Å². The van der Waals surface area contributed by atoms with Crippen molar-refractivity contribution in [3.05, 3.63) is 12.4 Å². The van der Waals surface area contributed by atoms with E-state index < -0.39 is 0 Å². The van der Waals surface area contributed by atoms with Crippen LogP contribution in [0.2, 0.25) is 0 Å². The zero-order chi connectivity index (χ0) is 12.7. The van der Waals surface area contributed by atoms with Gasteiger partial charge in [-0.25, -0.2) is 4.98 Å². The summed E-state index contributed by atoms with van der Waals surface area (Å²) >= 11 is 0. The number of nitrogens with zero attached hydrogens (tertiary/aromatic N) is 2. The molecule has 18 heavy (non-hydrogen) atoms. The summed E-state index contributed by atoms with van der Waals surface area (Å²) < 4.78 is 1.97. The molecule has 0 radical (unpaired) electrons. The van der Waals surface area contributed by atoms with E-state index in [1.807, 2.05) is 17.8 Å². The lowest BCUT2D eigenvalue weighted by atomic mass is 10.2. The first kappa shape index (κ1) is 16.9. The maximum atomic E-state index is 11.6. The van der Waals surface area contributed by atoms with Crippen LogP contribution in [0.15, 0.2) is 12.4 Å². The van der Waals surface area contributed by atoms with Gasteiger partial charge < -0.3 is 9.88 Å². The second kappa shape index (κ2) is 8.94. The van der Waals surface area contributed by atoms with Gasteiger partial charge in [0.2, 0.25) is 11.9 Å². The molecule has 0 aliphatic rings. The third kappa shape index (κ3) is 6.02. The van der Waals surface area contributed by atoms with Gasteiger partial charge in [0.15, 0.2) is 0 Å². The molecule has 0 aromatic carbocycles. The molecule has 0 saturated heterocycles. The number of nitrogens with one attached hydrogen (secondary N) is 2. The monoisotopic (exact) mass is 274 g/mol. The predicted octanol–water partition coefficient (Wildman–Crippen LogP) is 1.90. The Bertz CT molecular complexity index is 352. The fourth-order valence-corrected chi connectivity index (χ4v) is 1.59. The molecule has 1 rings (SSSR count). The third-order valence-corrected chi connectivity index (χ3v) is 2.36. The topological polar surface area (TPSA) is 59.0 Å². The van der Waals surface area contributed by atoms with Crippen LogP contribution in [0.4, 0.5) is 5.95 Å². The highest BCUT2D eigenvalue weighted by atomic mass is 35.5. The Morgan fingerprint density at radius 2 is 2.22 bits per heavy atom. The molecule has 0 fully saturated rings. The molecule has 0 atom stereocenters. The number of aromatic nitrogens is 2. The van der Waals surface area contributed by atoms with Gasteiger partial charge in [-0.1, -0.05) is 13.8 Å². The van der Waals surface area contributed by atoms with E-state index in [0.717, 1.165) is 19.5 Å². The van der Waals surface area contributed by atoms with Crippen molar-refractivity contribution < 1.29 is 4.79 Å². The number of anilines is 1. The highest BCUT2D eigenvalue weighted by molar-refractivity contribution is 5.89. The van der Waals surface area contributed by atoms with Gasteiger partial charge >= 0.3 is 0 Å². The van der Waals surface area contributed by atoms with Crippen LogP contribution in [-0.4, -0.2) is 29.1 Å². The number of amides is 1. The van der Waals surface area contributed by atoms with Gasteiger partial charge in [0.25, 0.3) is 0 Å². The summed E-state index contributed by atoms with van der Waals surface area (Å²) in [6.07, 6.45) is 4.97. The lowest BCUT2D eigenvalue weighted by molar-refractivity contribution is -0.116. The summed E-state index contributed by atoms with van der Waals surface area (Å²) in [5, 5.41) is 5.86. The maximum Gasteiger partial charge on any atom is 0.226 e. The summed E-state index contributed by atoms with van der Waals surface area (Å²) in [5.41, 5.74) is 0. The fourth-order valence-electron chi connectivity index (χ4n) is 1.59. The van der Waals surface area contributed by atoms with E-state index in [-0.39, 0.29) is 18.3 Å². The summed E-state index contributed by atoms with van der Waals surface area (Å²) in [4.78, 5) is 15.8. The molecule has 0 unspecified atom stereocenters. The number of hydrogen-bond acceptors (Lipinski definition) is 3. The summed E-state index contributed by atoms with van der Waals surface area (Å²) in [7, 11) is 1.88. The van der Waals surface area contributed by atoms with E-state index >= 15 is 0 Å². The maximum absolute atomic E-state index is 11.6. The van der Waals surface area contributed by atoms with Gasteiger partial charge in [-0.2, -0.15) is 0 Å². The molecule has 0 bridgehead atoms. The number of imidazole rings is 1. The Morgan fingerprint density at radius 1 is 1.50 bits per heavy atom. The van der Waals surface area contributed by atoms with Crippen LogP contribution < -0.4 is 10.6 Å². The van der Waals surface area contributed by atoms with Crippen molar-refractivity contribution in [1.82, 2.24) is 14.9 Å². The number of rotatable bonds is 7. The molecule has 0 aliphatic carbocycles. The molecule has 1 aromatic rings. The van der Waals surface area contributed by atoms with Crippen LogP contribution in [0.1, 0.15) is 26.7 Å². The second-order valence-corrected chi connectivity index (χ2v) is 4.55. The predicted molar refractivity (Wildman–Crippen MR) is 76.1 cm³/mol. The second-order valence-electron chi connectivity index (χ2n) is 4.55. The first-order chi connectivity index (χ1) is 8.13. The van der Waals surface area contributed by atoms with Crippen LogP contribution in [0.25, 0.3) is 0 Å². The van der Waals surface area contributed by atoms with E-state index in [0.29, 0.717) is 18.3 Å². The van der Waals surface area contributed by atoms with Gasteiger partial charge in [-0.3, -0.25) is 10.1 Å². The van der Waals surface area contributed by atoms with Crippen LogP contribution in [0, 0.1) is 5.92 Å². The lowest BCUT2D eigenvalue weighted by Crippen LogP contribution is -2.18. The molecule has 1 amide bonds. The Labute approximate surface area is 115 Å². The summed E-state index contributed by atoms with van der Waals surface area (Å²) in [5.74, 6) is 1.20. The van der Waals surface area contributed by atoms with Gasteiger partial charge in [0, 0.05) is 25.4 Å². The van der Waals surface area contributed by atoms with E-state index in [1.165, 1.54) is 0 Å². The number of hydrogen-bond donors (Lipinski definition) is 2. The van der Waals surface area contributed by atoms with Crippen molar-refractivity contribution in [1.29, 1.82) is 0 Å². The van der Waals surface area contributed by atoms with Crippen molar-refractivity contribution >= 4 is 24.3 Å². The van der Waals surface area contributed by atoms with Crippen LogP contribution in [0.3, 0.4) is 0 Å². The molecule has 2 N–H and O–H groups in total. The van der Waals surface area contributed by atoms with Crippen molar-refractivity contribution in [3.8, 4) is 0 Å². The smallest absolute Gasteiger partial charge is 0.226 e. The Kier molecular flexibility index (Phi) is 8.41. The zero-order valence-electron chi connectivity index (χ0n) is 11.3. The first-order valence-electron chi connectivity index (χ1n) is 6.09. The van der Waals surface area contributed by atoms with Crippen molar-refractivity contribution in [3.63, 3.8) is 0 Å². The third-order valence-electron chi connectivity index (χ3n) is 2.36. The normalized spacial score (nSPS) is 10.2. The van der Waals surface area contributed by atoms with E-state index in [1.54, 1.807) is 6.20 Å². The minimum atomic E-state index is 0. The van der Waals surface area contributed by atoms with Crippen molar-refractivity contribution in [2.75, 3.05) is 18.9 Å². The van der Waals surface area contributed by atoms with Crippen LogP contribution in [0.5, 0.6) is 0 Å². The van der Waals surface area contributed by atoms with Crippen LogP contribution in [-0.2, 0) is 11.3 Å². The summed E-state index contributed by atoms with van der Waals surface area (Å²) in [6, 6.07) is 0. The molecular weight excluding hydrogens is 252 g/mol. The number of halogens is 1. The standard InChI is InChI=1S/C12H22N4O.ClH/c1-10(2)9-16-8-7-14-12(16)15-11(17)5-4-6-13-3;/h7-8,10,13H,4-6,9H2,1-3H3,(H,14,15,17);1H. The molecule has 0 saturated carbocycles. The molecule has 6 heteroatoms. The highest BCUT2D eigenvalue weighted by Crippen LogP contribution is 2.08. The molecule has 0 spiro atoms. The SMILES string of the molecule is CNCCCC(=O)Nc1nccn1CC(C)C.Cl. The Balaban J connectivity index is 0.00000289. The number of carbonyl (C=O) groups excluding carboxylic acids is 1. The molecule has 0 aliphatic heterocycles. The number of carbonyl (C=O) groups is 1. The molecule has 1 heterocycles. The molecule has 1 aromatic heterocycles. The van der Waals surface area contributed by atoms with Gasteiger partial charge in [0.1, 0.15) is 0 Å². The summed E-state index contributed by atoms with van der Waals surface area (Å²) in [6.45, 7) is 6.00. The highest BCUT2D eigenvalue weighted by Gasteiger charge is 2.08. The van der Waals surface area contributed by atoms with Crippen molar-refractivity contribution in [2.24, 2.45) is 5.92 Å². The van der Waals surface area contributed by atoms with E-state index in [9.17, 15) is 4.79 Å². The zero-order valence-corrected chi connectivity index (χ0v) is 12.1. The lowest BCUT2D eigenvalue weighted by Gasteiger charge is -2.10. The van der Waals surface area contributed by atoms with E-state index in [2.05, 4.69) is 29.5 Å².